The molecule has 0 saturated carbocycles. The van der Waals surface area contributed by atoms with Crippen molar-refractivity contribution in [2.75, 3.05) is 11.5 Å². The van der Waals surface area contributed by atoms with Gasteiger partial charge in [0.05, 0.1) is 0 Å². The first-order chi connectivity index (χ1) is 5.77. The number of hydrogen-bond donors (Lipinski definition) is 1. The molecule has 0 spiro atoms. The number of thioether (sulfide) groups is 1. The summed E-state index contributed by atoms with van der Waals surface area (Å²) in [6, 6.07) is 1.53. The second kappa shape index (κ2) is 5.13. The first-order valence-corrected chi connectivity index (χ1v) is 6.27. The number of nitrogens with one attached hydrogen (secondary N) is 1. The van der Waals surface area contributed by atoms with E-state index < -0.39 is 0 Å². The summed E-state index contributed by atoms with van der Waals surface area (Å²) in [4.78, 5) is 0. The van der Waals surface area contributed by atoms with E-state index in [1.54, 1.807) is 0 Å². The van der Waals surface area contributed by atoms with Crippen molar-refractivity contribution in [3.05, 3.63) is 0 Å². The molecular formula is C10H21NS. The first-order valence-electron chi connectivity index (χ1n) is 5.11. The highest BCUT2D eigenvalue weighted by atomic mass is 32.2. The second-order valence-corrected chi connectivity index (χ2v) is 4.88. The van der Waals surface area contributed by atoms with Crippen molar-refractivity contribution < 1.29 is 0 Å². The molecule has 2 heteroatoms. The predicted octanol–water partition coefficient (Wildman–Crippen LogP) is 2.52. The van der Waals surface area contributed by atoms with Gasteiger partial charge in [0.2, 0.25) is 0 Å². The zero-order valence-corrected chi connectivity index (χ0v) is 9.29. The smallest absolute Gasteiger partial charge is 0.0186 e. The van der Waals surface area contributed by atoms with Gasteiger partial charge in [0, 0.05) is 23.6 Å². The van der Waals surface area contributed by atoms with Crippen LogP contribution in [0.1, 0.15) is 33.6 Å². The van der Waals surface area contributed by atoms with E-state index in [0.29, 0.717) is 0 Å². The standard InChI is InChI=1S/C10H21NS/c1-4-8(3)10-7-12-6-9(5-2)11-10/h8-11H,4-7H2,1-3H3. The molecule has 1 N–H and O–H groups in total. The average Bonchev–Trinajstić information content (AvgIpc) is 2.17. The Morgan fingerprint density at radius 1 is 1.42 bits per heavy atom. The Morgan fingerprint density at radius 3 is 2.75 bits per heavy atom. The second-order valence-electron chi connectivity index (χ2n) is 3.80. The molecule has 0 aromatic heterocycles. The highest BCUT2D eigenvalue weighted by Crippen LogP contribution is 2.20. The topological polar surface area (TPSA) is 12.0 Å². The van der Waals surface area contributed by atoms with Gasteiger partial charge in [0.25, 0.3) is 0 Å². The van der Waals surface area contributed by atoms with Crippen molar-refractivity contribution in [1.82, 2.24) is 5.32 Å². The monoisotopic (exact) mass is 187 g/mol. The van der Waals surface area contributed by atoms with E-state index in [0.717, 1.165) is 18.0 Å². The van der Waals surface area contributed by atoms with Crippen molar-refractivity contribution in [3.8, 4) is 0 Å². The Morgan fingerprint density at radius 2 is 2.17 bits per heavy atom. The molecule has 0 aliphatic carbocycles. The van der Waals surface area contributed by atoms with Crippen LogP contribution in [-0.2, 0) is 0 Å². The highest BCUT2D eigenvalue weighted by molar-refractivity contribution is 7.99. The summed E-state index contributed by atoms with van der Waals surface area (Å²) in [5.41, 5.74) is 0. The van der Waals surface area contributed by atoms with Crippen molar-refractivity contribution in [2.45, 2.75) is 45.7 Å². The number of rotatable bonds is 3. The zero-order valence-electron chi connectivity index (χ0n) is 8.47. The fourth-order valence-corrected chi connectivity index (χ4v) is 3.02. The average molecular weight is 187 g/mol. The molecule has 1 rings (SSSR count). The molecule has 0 aromatic rings. The maximum absolute atomic E-state index is 3.73. The molecule has 72 valence electrons. The predicted molar refractivity (Wildman–Crippen MR) is 57.8 cm³/mol. The van der Waals surface area contributed by atoms with Gasteiger partial charge in [0.1, 0.15) is 0 Å². The Bertz CT molecular complexity index is 125. The molecule has 3 unspecified atom stereocenters. The Hall–Kier alpha value is 0.310. The van der Waals surface area contributed by atoms with Crippen molar-refractivity contribution >= 4 is 11.8 Å². The SMILES string of the molecule is CCC1CSCC(C(C)CC)N1. The van der Waals surface area contributed by atoms with Gasteiger partial charge in [-0.25, -0.2) is 0 Å². The van der Waals surface area contributed by atoms with Crippen LogP contribution in [0.3, 0.4) is 0 Å². The molecule has 0 amide bonds. The van der Waals surface area contributed by atoms with Crippen molar-refractivity contribution in [1.29, 1.82) is 0 Å². The van der Waals surface area contributed by atoms with Crippen LogP contribution in [0, 0.1) is 5.92 Å². The van der Waals surface area contributed by atoms with E-state index in [-0.39, 0.29) is 0 Å². The van der Waals surface area contributed by atoms with Crippen LogP contribution in [0.5, 0.6) is 0 Å². The molecule has 1 fully saturated rings. The lowest BCUT2D eigenvalue weighted by Crippen LogP contribution is -2.48. The lowest BCUT2D eigenvalue weighted by molar-refractivity contribution is 0.351. The van der Waals surface area contributed by atoms with Crippen molar-refractivity contribution in [2.24, 2.45) is 5.92 Å². The van der Waals surface area contributed by atoms with E-state index in [1.165, 1.54) is 24.3 Å². The van der Waals surface area contributed by atoms with Gasteiger partial charge < -0.3 is 5.32 Å². The zero-order chi connectivity index (χ0) is 8.97. The van der Waals surface area contributed by atoms with E-state index in [2.05, 4.69) is 37.8 Å². The third-order valence-electron chi connectivity index (χ3n) is 2.89. The van der Waals surface area contributed by atoms with E-state index in [9.17, 15) is 0 Å². The molecule has 0 radical (unpaired) electrons. The van der Waals surface area contributed by atoms with Gasteiger partial charge in [-0.3, -0.25) is 0 Å². The van der Waals surface area contributed by atoms with Crippen LogP contribution in [-0.4, -0.2) is 23.6 Å². The molecule has 0 aromatic carbocycles. The fraction of sp³-hybridized carbons (Fsp3) is 1.00. The summed E-state index contributed by atoms with van der Waals surface area (Å²) < 4.78 is 0. The molecule has 1 saturated heterocycles. The van der Waals surface area contributed by atoms with Gasteiger partial charge >= 0.3 is 0 Å². The molecular weight excluding hydrogens is 166 g/mol. The Kier molecular flexibility index (Phi) is 4.44. The molecule has 1 aliphatic rings. The normalized spacial score (nSPS) is 33.2. The van der Waals surface area contributed by atoms with Crippen LogP contribution in [0.2, 0.25) is 0 Å². The summed E-state index contributed by atoms with van der Waals surface area (Å²) in [7, 11) is 0. The summed E-state index contributed by atoms with van der Waals surface area (Å²) >= 11 is 2.12. The minimum Gasteiger partial charge on any atom is -0.309 e. The van der Waals surface area contributed by atoms with Gasteiger partial charge in [-0.2, -0.15) is 11.8 Å². The van der Waals surface area contributed by atoms with Crippen molar-refractivity contribution in [3.63, 3.8) is 0 Å². The van der Waals surface area contributed by atoms with Crippen LogP contribution in [0.4, 0.5) is 0 Å². The van der Waals surface area contributed by atoms with Gasteiger partial charge in [-0.1, -0.05) is 27.2 Å². The fourth-order valence-electron chi connectivity index (χ4n) is 1.58. The molecule has 3 atom stereocenters. The van der Waals surface area contributed by atoms with Crippen LogP contribution in [0.15, 0.2) is 0 Å². The van der Waals surface area contributed by atoms with Crippen LogP contribution >= 0.6 is 11.8 Å². The van der Waals surface area contributed by atoms with Gasteiger partial charge in [-0.15, -0.1) is 0 Å². The minimum atomic E-state index is 0.763. The molecule has 1 aliphatic heterocycles. The lowest BCUT2D eigenvalue weighted by atomic mass is 9.99. The molecule has 0 bridgehead atoms. The Balaban J connectivity index is 2.34. The maximum atomic E-state index is 3.73. The largest absolute Gasteiger partial charge is 0.309 e. The third kappa shape index (κ3) is 2.67. The third-order valence-corrected chi connectivity index (χ3v) is 4.12. The summed E-state index contributed by atoms with van der Waals surface area (Å²) in [5.74, 6) is 3.46. The van der Waals surface area contributed by atoms with E-state index in [1.807, 2.05) is 0 Å². The quantitative estimate of drug-likeness (QED) is 0.728. The minimum absolute atomic E-state index is 0.763. The molecule has 12 heavy (non-hydrogen) atoms. The molecule has 1 nitrogen and oxygen atoms in total. The van der Waals surface area contributed by atoms with Crippen LogP contribution in [0.25, 0.3) is 0 Å². The van der Waals surface area contributed by atoms with Crippen LogP contribution < -0.4 is 5.32 Å². The number of hydrogen-bond acceptors (Lipinski definition) is 2. The highest BCUT2D eigenvalue weighted by Gasteiger charge is 2.23. The maximum Gasteiger partial charge on any atom is 0.0186 e. The van der Waals surface area contributed by atoms with Gasteiger partial charge in [-0.05, 0) is 12.3 Å². The van der Waals surface area contributed by atoms with E-state index >= 15 is 0 Å². The summed E-state index contributed by atoms with van der Waals surface area (Å²) in [6.45, 7) is 6.92. The van der Waals surface area contributed by atoms with E-state index in [4.69, 9.17) is 0 Å². The molecule has 1 heterocycles. The summed E-state index contributed by atoms with van der Waals surface area (Å²) in [5, 5.41) is 3.73. The Labute approximate surface area is 80.7 Å². The first kappa shape index (κ1) is 10.4. The van der Waals surface area contributed by atoms with Gasteiger partial charge in [0.15, 0.2) is 0 Å². The lowest BCUT2D eigenvalue weighted by Gasteiger charge is -2.33. The summed E-state index contributed by atoms with van der Waals surface area (Å²) in [6.07, 6.45) is 2.58.